The standard InChI is InChI=1S/C10H16N2O3/c1-6(13)12(2,14)10-8-5-11-4-3-7(15-8)9(10)11/h7-10H,3-5H2,1-2H3/t7-,8+,9+,10-,12?/m0/s1. The second-order valence-corrected chi connectivity index (χ2v) is 4.99. The van der Waals surface area contributed by atoms with Crippen molar-refractivity contribution in [2.75, 3.05) is 20.1 Å². The number of rotatable bonds is 1. The van der Waals surface area contributed by atoms with Crippen LogP contribution in [0, 0.1) is 5.21 Å². The third kappa shape index (κ3) is 1.09. The fourth-order valence-electron chi connectivity index (χ4n) is 3.37. The number of hydrogen-bond donors (Lipinski definition) is 0. The van der Waals surface area contributed by atoms with Crippen molar-refractivity contribution in [3.63, 3.8) is 0 Å². The van der Waals surface area contributed by atoms with Gasteiger partial charge in [-0.05, 0) is 6.42 Å². The van der Waals surface area contributed by atoms with Crippen LogP contribution in [0.5, 0.6) is 0 Å². The summed E-state index contributed by atoms with van der Waals surface area (Å²) in [6.07, 6.45) is 1.17. The van der Waals surface area contributed by atoms with Crippen LogP contribution in [0.4, 0.5) is 0 Å². The van der Waals surface area contributed by atoms with Crippen LogP contribution in [0.2, 0.25) is 0 Å². The normalized spacial score (nSPS) is 47.1. The van der Waals surface area contributed by atoms with Crippen molar-refractivity contribution >= 4 is 5.91 Å². The first-order valence-electron chi connectivity index (χ1n) is 5.49. The Hall–Kier alpha value is -0.490. The van der Waals surface area contributed by atoms with Gasteiger partial charge in [0, 0.05) is 13.1 Å². The van der Waals surface area contributed by atoms with E-state index in [2.05, 4.69) is 4.90 Å². The Morgan fingerprint density at radius 3 is 2.87 bits per heavy atom. The molecule has 5 heteroatoms. The van der Waals surface area contributed by atoms with Crippen LogP contribution in [0.1, 0.15) is 13.3 Å². The molecule has 0 saturated carbocycles. The Balaban J connectivity index is 1.93. The number of amides is 1. The molecule has 3 aliphatic rings. The van der Waals surface area contributed by atoms with Gasteiger partial charge in [-0.15, -0.1) is 0 Å². The van der Waals surface area contributed by atoms with Crippen molar-refractivity contribution in [3.8, 4) is 0 Å². The summed E-state index contributed by atoms with van der Waals surface area (Å²) in [4.78, 5) is 13.7. The number of carbonyl (C=O) groups excluding carboxylic acids is 1. The zero-order chi connectivity index (χ0) is 10.8. The fourth-order valence-corrected chi connectivity index (χ4v) is 3.37. The Labute approximate surface area is 88.8 Å². The van der Waals surface area contributed by atoms with E-state index in [4.69, 9.17) is 4.74 Å². The highest BCUT2D eigenvalue weighted by molar-refractivity contribution is 5.66. The van der Waals surface area contributed by atoms with Crippen molar-refractivity contribution in [1.29, 1.82) is 0 Å². The lowest BCUT2D eigenvalue weighted by atomic mass is 10.0. The topological polar surface area (TPSA) is 52.6 Å². The van der Waals surface area contributed by atoms with E-state index in [0.29, 0.717) is 0 Å². The molecular formula is C10H16N2O3. The first kappa shape index (κ1) is 9.72. The smallest absolute Gasteiger partial charge is 0.310 e. The number of carbonyl (C=O) groups is 1. The number of hydroxylamine groups is 3. The summed E-state index contributed by atoms with van der Waals surface area (Å²) in [7, 11) is 1.47. The summed E-state index contributed by atoms with van der Waals surface area (Å²) < 4.78 is 5.02. The Morgan fingerprint density at radius 1 is 1.53 bits per heavy atom. The molecule has 2 bridgehead atoms. The van der Waals surface area contributed by atoms with E-state index in [9.17, 15) is 10.0 Å². The molecule has 5 atom stereocenters. The van der Waals surface area contributed by atoms with Crippen molar-refractivity contribution in [1.82, 2.24) is 4.90 Å². The number of fused-ring (bicyclic) bond motifs is 1. The maximum Gasteiger partial charge on any atom is 0.310 e. The Bertz CT molecular complexity index is 304. The van der Waals surface area contributed by atoms with Gasteiger partial charge in [0.05, 0.1) is 26.1 Å². The summed E-state index contributed by atoms with van der Waals surface area (Å²) in [6.45, 7) is 3.22. The maximum atomic E-state index is 12.3. The summed E-state index contributed by atoms with van der Waals surface area (Å²) in [5, 5.41) is 12.3. The lowest BCUT2D eigenvalue weighted by Crippen LogP contribution is -2.57. The van der Waals surface area contributed by atoms with E-state index in [0.717, 1.165) is 19.5 Å². The van der Waals surface area contributed by atoms with Crippen molar-refractivity contribution in [2.24, 2.45) is 0 Å². The zero-order valence-electron chi connectivity index (χ0n) is 9.05. The van der Waals surface area contributed by atoms with Crippen LogP contribution < -0.4 is 0 Å². The summed E-state index contributed by atoms with van der Waals surface area (Å²) in [5.41, 5.74) is 0. The second-order valence-electron chi connectivity index (χ2n) is 4.99. The minimum absolute atomic E-state index is 0.0334. The minimum atomic E-state index is -0.775. The van der Waals surface area contributed by atoms with Crippen LogP contribution in [0.15, 0.2) is 0 Å². The van der Waals surface area contributed by atoms with Gasteiger partial charge < -0.3 is 9.94 Å². The predicted molar refractivity (Wildman–Crippen MR) is 52.7 cm³/mol. The van der Waals surface area contributed by atoms with Gasteiger partial charge in [0.1, 0.15) is 12.1 Å². The molecule has 15 heavy (non-hydrogen) atoms. The molecule has 3 aliphatic heterocycles. The van der Waals surface area contributed by atoms with Gasteiger partial charge in [0.2, 0.25) is 0 Å². The number of ether oxygens (including phenoxy) is 1. The predicted octanol–water partition coefficient (Wildman–Crippen LogP) is -0.299. The van der Waals surface area contributed by atoms with E-state index in [1.165, 1.54) is 14.0 Å². The van der Waals surface area contributed by atoms with Gasteiger partial charge in [-0.2, -0.15) is 0 Å². The molecule has 0 aromatic carbocycles. The Kier molecular flexibility index (Phi) is 1.81. The quantitative estimate of drug-likeness (QED) is 0.442. The summed E-state index contributed by atoms with van der Waals surface area (Å²) >= 11 is 0. The number of likely N-dealkylation sites (N-methyl/N-ethyl adjacent to an activating group) is 1. The number of morpholine rings is 1. The monoisotopic (exact) mass is 212 g/mol. The van der Waals surface area contributed by atoms with Crippen LogP contribution >= 0.6 is 0 Å². The molecule has 3 rings (SSSR count). The highest BCUT2D eigenvalue weighted by Gasteiger charge is 2.63. The van der Waals surface area contributed by atoms with Crippen molar-refractivity contribution in [3.05, 3.63) is 5.21 Å². The van der Waals surface area contributed by atoms with E-state index >= 15 is 0 Å². The van der Waals surface area contributed by atoms with Crippen LogP contribution in [-0.4, -0.2) is 59.9 Å². The molecule has 5 nitrogen and oxygen atoms in total. The lowest BCUT2D eigenvalue weighted by molar-refractivity contribution is -0.811. The molecule has 0 spiro atoms. The Morgan fingerprint density at radius 2 is 2.27 bits per heavy atom. The van der Waals surface area contributed by atoms with E-state index < -0.39 is 4.65 Å². The molecule has 3 fully saturated rings. The van der Waals surface area contributed by atoms with E-state index in [1.54, 1.807) is 0 Å². The highest BCUT2D eigenvalue weighted by atomic mass is 16.6. The van der Waals surface area contributed by atoms with Gasteiger partial charge in [-0.25, -0.2) is 4.79 Å². The van der Waals surface area contributed by atoms with Gasteiger partial charge in [-0.3, -0.25) is 9.55 Å². The van der Waals surface area contributed by atoms with Gasteiger partial charge in [-0.1, -0.05) is 0 Å². The molecule has 0 aromatic rings. The van der Waals surface area contributed by atoms with Crippen molar-refractivity contribution < 1.29 is 14.2 Å². The van der Waals surface area contributed by atoms with Crippen LogP contribution in [0.3, 0.4) is 0 Å². The summed E-state index contributed by atoms with van der Waals surface area (Å²) in [6, 6.07) is -0.0172. The van der Waals surface area contributed by atoms with Gasteiger partial charge >= 0.3 is 5.91 Å². The minimum Gasteiger partial charge on any atom is -0.625 e. The number of quaternary nitrogens is 1. The average Bonchev–Trinajstić information content (AvgIpc) is 2.70. The molecule has 3 heterocycles. The van der Waals surface area contributed by atoms with Gasteiger partial charge in [0.15, 0.2) is 0 Å². The SMILES string of the molecule is CC(=O)[N+](C)([O-])[C@@H]1[C@H]2[C@@H]3CCN2C[C@H]1O3. The molecule has 3 saturated heterocycles. The maximum absolute atomic E-state index is 12.3. The third-order valence-electron chi connectivity index (χ3n) is 4.19. The zero-order valence-corrected chi connectivity index (χ0v) is 9.05. The van der Waals surface area contributed by atoms with Crippen molar-refractivity contribution in [2.45, 2.75) is 37.6 Å². The third-order valence-corrected chi connectivity index (χ3v) is 4.19. The average molecular weight is 212 g/mol. The van der Waals surface area contributed by atoms with Gasteiger partial charge in [0.25, 0.3) is 0 Å². The molecule has 0 N–H and O–H groups in total. The fraction of sp³-hybridized carbons (Fsp3) is 0.900. The van der Waals surface area contributed by atoms with E-state index in [-0.39, 0.29) is 30.2 Å². The first-order chi connectivity index (χ1) is 7.01. The molecule has 0 aliphatic carbocycles. The molecule has 0 radical (unpaired) electrons. The molecular weight excluding hydrogens is 196 g/mol. The van der Waals surface area contributed by atoms with Crippen LogP contribution in [-0.2, 0) is 9.53 Å². The molecule has 0 aromatic heterocycles. The van der Waals surface area contributed by atoms with Crippen LogP contribution in [0.25, 0.3) is 0 Å². The number of nitrogens with zero attached hydrogens (tertiary/aromatic N) is 2. The molecule has 1 amide bonds. The number of hydrogen-bond acceptors (Lipinski definition) is 4. The lowest BCUT2D eigenvalue weighted by Gasteiger charge is -2.41. The summed E-state index contributed by atoms with van der Waals surface area (Å²) in [5.74, 6) is -0.317. The largest absolute Gasteiger partial charge is 0.625 e. The molecule has 1 unspecified atom stereocenters. The second kappa shape index (κ2) is 2.79. The molecule has 84 valence electrons. The highest BCUT2D eigenvalue weighted by Crippen LogP contribution is 2.43. The van der Waals surface area contributed by atoms with E-state index in [1.807, 2.05) is 0 Å². The first-order valence-corrected chi connectivity index (χ1v) is 5.49.